The van der Waals surface area contributed by atoms with Gasteiger partial charge in [-0.05, 0) is 45.9 Å². The number of carbonyl (C=O) groups is 2. The largest absolute Gasteiger partial charge is 0.490 e. The quantitative estimate of drug-likeness (QED) is 0.745. The van der Waals surface area contributed by atoms with Crippen molar-refractivity contribution >= 4 is 11.9 Å². The standard InChI is InChI=1S/C16H23NO5/c1-5-17-15(18)11(4)22-16(19)12-8-9-13(20-6-2)14(10-12)21-7-3/h8-11H,5-7H2,1-4H3,(H,17,18)/t11-/m0/s1. The van der Waals surface area contributed by atoms with E-state index in [-0.39, 0.29) is 5.91 Å². The topological polar surface area (TPSA) is 73.9 Å². The monoisotopic (exact) mass is 309 g/mol. The number of benzene rings is 1. The highest BCUT2D eigenvalue weighted by Gasteiger charge is 2.19. The van der Waals surface area contributed by atoms with Gasteiger partial charge in [0, 0.05) is 6.54 Å². The zero-order chi connectivity index (χ0) is 16.5. The highest BCUT2D eigenvalue weighted by atomic mass is 16.5. The Kier molecular flexibility index (Phi) is 7.22. The van der Waals surface area contributed by atoms with Crippen LogP contribution in [0.4, 0.5) is 0 Å². The van der Waals surface area contributed by atoms with Crippen LogP contribution in [0.5, 0.6) is 11.5 Å². The predicted octanol–water partition coefficient (Wildman–Crippen LogP) is 2.17. The fourth-order valence-electron chi connectivity index (χ4n) is 1.78. The fourth-order valence-corrected chi connectivity index (χ4v) is 1.78. The van der Waals surface area contributed by atoms with E-state index in [1.54, 1.807) is 25.1 Å². The third-order valence-electron chi connectivity index (χ3n) is 2.78. The molecule has 0 heterocycles. The number of rotatable bonds is 8. The molecular weight excluding hydrogens is 286 g/mol. The van der Waals surface area contributed by atoms with E-state index >= 15 is 0 Å². The molecule has 6 heteroatoms. The van der Waals surface area contributed by atoms with Gasteiger partial charge in [-0.1, -0.05) is 0 Å². The molecule has 1 amide bonds. The Labute approximate surface area is 130 Å². The van der Waals surface area contributed by atoms with Crippen molar-refractivity contribution in [1.82, 2.24) is 5.32 Å². The van der Waals surface area contributed by atoms with Crippen LogP contribution < -0.4 is 14.8 Å². The summed E-state index contributed by atoms with van der Waals surface area (Å²) in [6, 6.07) is 4.80. The molecule has 0 saturated carbocycles. The average molecular weight is 309 g/mol. The second-order valence-corrected chi connectivity index (χ2v) is 4.47. The number of likely N-dealkylation sites (N-methyl/N-ethyl adjacent to an activating group) is 1. The molecule has 1 aromatic rings. The molecule has 1 N–H and O–H groups in total. The Bertz CT molecular complexity index is 515. The van der Waals surface area contributed by atoms with Gasteiger partial charge >= 0.3 is 5.97 Å². The lowest BCUT2D eigenvalue weighted by Gasteiger charge is -2.14. The molecule has 0 aliphatic heterocycles. The molecule has 1 atom stereocenters. The van der Waals surface area contributed by atoms with Crippen LogP contribution in [-0.2, 0) is 9.53 Å². The zero-order valence-electron chi connectivity index (χ0n) is 13.5. The lowest BCUT2D eigenvalue weighted by molar-refractivity contribution is -0.128. The summed E-state index contributed by atoms with van der Waals surface area (Å²) in [5.74, 6) is 0.136. The molecule has 0 unspecified atom stereocenters. The third kappa shape index (κ3) is 4.95. The van der Waals surface area contributed by atoms with Crippen LogP contribution in [0.25, 0.3) is 0 Å². The average Bonchev–Trinajstić information content (AvgIpc) is 2.49. The number of hydrogen-bond acceptors (Lipinski definition) is 5. The Balaban J connectivity index is 2.84. The maximum absolute atomic E-state index is 12.1. The predicted molar refractivity (Wildman–Crippen MR) is 82.3 cm³/mol. The molecule has 0 fully saturated rings. The van der Waals surface area contributed by atoms with Crippen molar-refractivity contribution in [2.45, 2.75) is 33.8 Å². The normalized spacial score (nSPS) is 11.5. The highest BCUT2D eigenvalue weighted by molar-refractivity contribution is 5.92. The molecule has 1 aromatic carbocycles. The first-order valence-corrected chi connectivity index (χ1v) is 7.41. The maximum atomic E-state index is 12.1. The zero-order valence-corrected chi connectivity index (χ0v) is 13.5. The van der Waals surface area contributed by atoms with Crippen LogP contribution in [0.1, 0.15) is 38.1 Å². The lowest BCUT2D eigenvalue weighted by atomic mass is 10.2. The lowest BCUT2D eigenvalue weighted by Crippen LogP contribution is -2.35. The SMILES string of the molecule is CCNC(=O)[C@H](C)OC(=O)c1ccc(OCC)c(OCC)c1. The molecule has 122 valence electrons. The highest BCUT2D eigenvalue weighted by Crippen LogP contribution is 2.28. The van der Waals surface area contributed by atoms with Crippen molar-refractivity contribution in [3.05, 3.63) is 23.8 Å². The maximum Gasteiger partial charge on any atom is 0.339 e. The van der Waals surface area contributed by atoms with Gasteiger partial charge in [-0.2, -0.15) is 0 Å². The van der Waals surface area contributed by atoms with E-state index in [9.17, 15) is 9.59 Å². The molecule has 0 saturated heterocycles. The number of ether oxygens (including phenoxy) is 3. The second-order valence-electron chi connectivity index (χ2n) is 4.47. The van der Waals surface area contributed by atoms with Crippen LogP contribution in [0, 0.1) is 0 Å². The van der Waals surface area contributed by atoms with Gasteiger partial charge in [-0.3, -0.25) is 4.79 Å². The van der Waals surface area contributed by atoms with E-state index in [4.69, 9.17) is 14.2 Å². The van der Waals surface area contributed by atoms with E-state index in [0.29, 0.717) is 36.8 Å². The molecule has 0 aromatic heterocycles. The molecule has 0 spiro atoms. The van der Waals surface area contributed by atoms with Gasteiger partial charge < -0.3 is 19.5 Å². The van der Waals surface area contributed by atoms with E-state index in [1.165, 1.54) is 6.92 Å². The third-order valence-corrected chi connectivity index (χ3v) is 2.78. The van der Waals surface area contributed by atoms with Gasteiger partial charge in [0.15, 0.2) is 17.6 Å². The van der Waals surface area contributed by atoms with Crippen LogP contribution in [0.15, 0.2) is 18.2 Å². The van der Waals surface area contributed by atoms with Gasteiger partial charge in [0.1, 0.15) is 0 Å². The Morgan fingerprint density at radius 3 is 2.32 bits per heavy atom. The summed E-state index contributed by atoms with van der Waals surface area (Å²) >= 11 is 0. The van der Waals surface area contributed by atoms with Crippen molar-refractivity contribution in [2.24, 2.45) is 0 Å². The summed E-state index contributed by atoms with van der Waals surface area (Å²) in [6.07, 6.45) is -0.852. The minimum atomic E-state index is -0.852. The number of nitrogens with one attached hydrogen (secondary N) is 1. The van der Waals surface area contributed by atoms with Gasteiger partial charge in [0.05, 0.1) is 18.8 Å². The first-order valence-electron chi connectivity index (χ1n) is 7.41. The van der Waals surface area contributed by atoms with Crippen LogP contribution in [0.2, 0.25) is 0 Å². The van der Waals surface area contributed by atoms with E-state index < -0.39 is 12.1 Å². The Hall–Kier alpha value is -2.24. The number of carbonyl (C=O) groups excluding carboxylic acids is 2. The molecule has 22 heavy (non-hydrogen) atoms. The van der Waals surface area contributed by atoms with E-state index in [1.807, 2.05) is 13.8 Å². The van der Waals surface area contributed by atoms with Crippen LogP contribution in [0.3, 0.4) is 0 Å². The first-order chi connectivity index (χ1) is 10.5. The number of esters is 1. The van der Waals surface area contributed by atoms with Crippen molar-refractivity contribution in [3.8, 4) is 11.5 Å². The van der Waals surface area contributed by atoms with Crippen molar-refractivity contribution in [1.29, 1.82) is 0 Å². The van der Waals surface area contributed by atoms with Crippen LogP contribution >= 0.6 is 0 Å². The van der Waals surface area contributed by atoms with E-state index in [0.717, 1.165) is 0 Å². The van der Waals surface area contributed by atoms with Gasteiger partial charge in [0.25, 0.3) is 5.91 Å². The second kappa shape index (κ2) is 8.92. The minimum absolute atomic E-state index is 0.308. The van der Waals surface area contributed by atoms with Gasteiger partial charge in [-0.25, -0.2) is 4.79 Å². The summed E-state index contributed by atoms with van der Waals surface area (Å²) in [5, 5.41) is 2.60. The minimum Gasteiger partial charge on any atom is -0.490 e. The Morgan fingerprint density at radius 2 is 1.73 bits per heavy atom. The smallest absolute Gasteiger partial charge is 0.339 e. The summed E-state index contributed by atoms with van der Waals surface area (Å²) in [7, 11) is 0. The molecule has 0 radical (unpaired) electrons. The summed E-state index contributed by atoms with van der Waals surface area (Å²) in [6.45, 7) is 8.47. The molecule has 0 aliphatic rings. The fraction of sp³-hybridized carbons (Fsp3) is 0.500. The molecule has 0 aliphatic carbocycles. The van der Waals surface area contributed by atoms with Crippen molar-refractivity contribution < 1.29 is 23.8 Å². The van der Waals surface area contributed by atoms with Crippen molar-refractivity contribution in [3.63, 3.8) is 0 Å². The van der Waals surface area contributed by atoms with Gasteiger partial charge in [0.2, 0.25) is 0 Å². The summed E-state index contributed by atoms with van der Waals surface area (Å²) in [4.78, 5) is 23.7. The first kappa shape index (κ1) is 17.8. The molecule has 6 nitrogen and oxygen atoms in total. The van der Waals surface area contributed by atoms with E-state index in [2.05, 4.69) is 5.32 Å². The summed E-state index contributed by atoms with van der Waals surface area (Å²) in [5.41, 5.74) is 0.308. The molecular formula is C16H23NO5. The van der Waals surface area contributed by atoms with Crippen LogP contribution in [-0.4, -0.2) is 37.7 Å². The molecule has 1 rings (SSSR count). The Morgan fingerprint density at radius 1 is 1.09 bits per heavy atom. The molecule has 0 bridgehead atoms. The number of amides is 1. The summed E-state index contributed by atoms with van der Waals surface area (Å²) < 4.78 is 16.0. The van der Waals surface area contributed by atoms with Crippen molar-refractivity contribution in [2.75, 3.05) is 19.8 Å². The number of hydrogen-bond donors (Lipinski definition) is 1. The van der Waals surface area contributed by atoms with Gasteiger partial charge in [-0.15, -0.1) is 0 Å².